The van der Waals surface area contributed by atoms with E-state index in [1.165, 1.54) is 12.1 Å². The molecule has 164 valence electrons. The maximum Gasteiger partial charge on any atom is 0.416 e. The largest absolute Gasteiger partial charge is 0.507 e. The molecule has 1 aliphatic rings. The lowest BCUT2D eigenvalue weighted by atomic mass is 9.83. The molecule has 0 radical (unpaired) electrons. The number of rotatable bonds is 4. The van der Waals surface area contributed by atoms with Crippen molar-refractivity contribution in [3.05, 3.63) is 64.2 Å². The van der Waals surface area contributed by atoms with Gasteiger partial charge in [0.15, 0.2) is 0 Å². The lowest BCUT2D eigenvalue weighted by molar-refractivity contribution is -0.137. The Morgan fingerprint density at radius 3 is 1.97 bits per heavy atom. The molecule has 0 aromatic heterocycles. The predicted octanol–water partition coefficient (Wildman–Crippen LogP) is 4.43. The number of halogens is 3. The molecular formula is C23H28F3NO3. The number of alkyl halides is 3. The van der Waals surface area contributed by atoms with Crippen LogP contribution in [-0.2, 0) is 11.8 Å². The molecule has 4 nitrogen and oxygen atoms in total. The number of likely N-dealkylation sites (tertiary alicyclic amines) is 1. The molecule has 0 bridgehead atoms. The SMILES string of the molecule is Cc1cc(C(O)[C@@H](C)N2CCC(O)(c3ccc(C(F)(F)F)cc3)CC2)cc(C)c1O. The van der Waals surface area contributed by atoms with Crippen molar-refractivity contribution in [1.29, 1.82) is 0 Å². The number of hydrogen-bond acceptors (Lipinski definition) is 4. The van der Waals surface area contributed by atoms with Crippen LogP contribution in [0, 0.1) is 13.8 Å². The van der Waals surface area contributed by atoms with E-state index in [4.69, 9.17) is 0 Å². The summed E-state index contributed by atoms with van der Waals surface area (Å²) >= 11 is 0. The maximum atomic E-state index is 12.8. The Bertz CT molecular complexity index is 865. The average molecular weight is 423 g/mol. The number of aromatic hydroxyl groups is 1. The fourth-order valence-electron chi connectivity index (χ4n) is 4.20. The molecule has 1 unspecified atom stereocenters. The zero-order valence-corrected chi connectivity index (χ0v) is 17.4. The Morgan fingerprint density at radius 2 is 1.50 bits per heavy atom. The van der Waals surface area contributed by atoms with Crippen LogP contribution in [0.4, 0.5) is 13.2 Å². The normalized spacial score (nSPS) is 19.5. The number of phenolic OH excluding ortho intramolecular Hbond substituents is 1. The van der Waals surface area contributed by atoms with Crippen molar-refractivity contribution in [1.82, 2.24) is 4.90 Å². The van der Waals surface area contributed by atoms with Crippen LogP contribution in [0.2, 0.25) is 0 Å². The molecule has 2 aromatic carbocycles. The van der Waals surface area contributed by atoms with Gasteiger partial charge < -0.3 is 15.3 Å². The molecule has 1 aliphatic heterocycles. The van der Waals surface area contributed by atoms with Crippen LogP contribution >= 0.6 is 0 Å². The second-order valence-corrected chi connectivity index (χ2v) is 8.33. The van der Waals surface area contributed by atoms with E-state index in [2.05, 4.69) is 4.90 Å². The van der Waals surface area contributed by atoms with Crippen LogP contribution < -0.4 is 0 Å². The van der Waals surface area contributed by atoms with E-state index in [0.29, 0.717) is 42.6 Å². The van der Waals surface area contributed by atoms with Crippen molar-refractivity contribution >= 4 is 0 Å². The summed E-state index contributed by atoms with van der Waals surface area (Å²) in [5.74, 6) is 0.221. The number of hydrogen-bond donors (Lipinski definition) is 3. The molecule has 1 fully saturated rings. The smallest absolute Gasteiger partial charge is 0.416 e. The van der Waals surface area contributed by atoms with Crippen LogP contribution in [-0.4, -0.2) is 39.4 Å². The summed E-state index contributed by atoms with van der Waals surface area (Å²) in [5.41, 5.74) is 0.686. The summed E-state index contributed by atoms with van der Waals surface area (Å²) in [6, 6.07) is 8.02. The van der Waals surface area contributed by atoms with E-state index in [0.717, 1.165) is 17.7 Å². The summed E-state index contributed by atoms with van der Waals surface area (Å²) in [5, 5.41) is 31.8. The van der Waals surface area contributed by atoms with Gasteiger partial charge in [-0.3, -0.25) is 4.90 Å². The molecule has 0 spiro atoms. The molecule has 2 atom stereocenters. The monoisotopic (exact) mass is 423 g/mol. The van der Waals surface area contributed by atoms with E-state index in [9.17, 15) is 28.5 Å². The number of aliphatic hydroxyl groups is 2. The van der Waals surface area contributed by atoms with Crippen molar-refractivity contribution in [3.63, 3.8) is 0 Å². The molecule has 0 saturated carbocycles. The summed E-state index contributed by atoms with van der Waals surface area (Å²) in [7, 11) is 0. The first-order chi connectivity index (χ1) is 13.9. The minimum absolute atomic E-state index is 0.217. The van der Waals surface area contributed by atoms with Gasteiger partial charge in [-0.2, -0.15) is 13.2 Å². The zero-order chi connectivity index (χ0) is 22.3. The molecule has 3 rings (SSSR count). The minimum atomic E-state index is -4.40. The van der Waals surface area contributed by atoms with Gasteiger partial charge in [0, 0.05) is 19.1 Å². The highest BCUT2D eigenvalue weighted by molar-refractivity contribution is 5.43. The van der Waals surface area contributed by atoms with Crippen molar-refractivity contribution in [2.45, 2.75) is 57.5 Å². The predicted molar refractivity (Wildman–Crippen MR) is 108 cm³/mol. The number of piperidine rings is 1. The summed E-state index contributed by atoms with van der Waals surface area (Å²) in [4.78, 5) is 2.07. The third kappa shape index (κ3) is 4.48. The van der Waals surface area contributed by atoms with Gasteiger partial charge in [-0.1, -0.05) is 12.1 Å². The van der Waals surface area contributed by atoms with Crippen LogP contribution in [0.25, 0.3) is 0 Å². The van der Waals surface area contributed by atoms with Crippen molar-refractivity contribution < 1.29 is 28.5 Å². The molecule has 2 aromatic rings. The second-order valence-electron chi connectivity index (χ2n) is 8.33. The van der Waals surface area contributed by atoms with Crippen LogP contribution in [0.15, 0.2) is 36.4 Å². The fourth-order valence-corrected chi connectivity index (χ4v) is 4.20. The van der Waals surface area contributed by atoms with Crippen molar-refractivity contribution in [3.8, 4) is 5.75 Å². The molecule has 3 N–H and O–H groups in total. The van der Waals surface area contributed by atoms with Crippen LogP contribution in [0.3, 0.4) is 0 Å². The Balaban J connectivity index is 1.68. The van der Waals surface area contributed by atoms with Gasteiger partial charge in [-0.15, -0.1) is 0 Å². The Kier molecular flexibility index (Phi) is 6.18. The van der Waals surface area contributed by atoms with Crippen LogP contribution in [0.1, 0.15) is 53.7 Å². The van der Waals surface area contributed by atoms with E-state index >= 15 is 0 Å². The highest BCUT2D eigenvalue weighted by atomic mass is 19.4. The van der Waals surface area contributed by atoms with Crippen molar-refractivity contribution in [2.24, 2.45) is 0 Å². The Morgan fingerprint density at radius 1 is 1.00 bits per heavy atom. The molecule has 30 heavy (non-hydrogen) atoms. The van der Waals surface area contributed by atoms with Gasteiger partial charge in [-0.25, -0.2) is 0 Å². The van der Waals surface area contributed by atoms with Gasteiger partial charge in [0.25, 0.3) is 0 Å². The van der Waals surface area contributed by atoms with Gasteiger partial charge >= 0.3 is 6.18 Å². The molecule has 0 aliphatic carbocycles. The van der Waals surface area contributed by atoms with E-state index in [-0.39, 0.29) is 11.8 Å². The van der Waals surface area contributed by atoms with Gasteiger partial charge in [0.2, 0.25) is 0 Å². The Hall–Kier alpha value is -2.09. The number of nitrogens with zero attached hydrogens (tertiary/aromatic N) is 1. The number of benzene rings is 2. The van der Waals surface area contributed by atoms with Gasteiger partial charge in [0.05, 0.1) is 17.3 Å². The molecule has 0 amide bonds. The maximum absolute atomic E-state index is 12.8. The number of aliphatic hydroxyl groups excluding tert-OH is 1. The first-order valence-corrected chi connectivity index (χ1v) is 10.0. The first-order valence-electron chi connectivity index (χ1n) is 10.0. The summed E-state index contributed by atoms with van der Waals surface area (Å²) in [6.45, 7) is 6.49. The Labute approximate surface area is 174 Å². The van der Waals surface area contributed by atoms with Gasteiger partial charge in [-0.05, 0) is 80.1 Å². The van der Waals surface area contributed by atoms with E-state index < -0.39 is 23.4 Å². The topological polar surface area (TPSA) is 63.9 Å². The van der Waals surface area contributed by atoms with E-state index in [1.54, 1.807) is 26.0 Å². The fraction of sp³-hybridized carbons (Fsp3) is 0.478. The standard InChI is InChI=1S/C23H28F3NO3/c1-14-12-17(13-15(2)20(14)28)21(29)16(3)27-10-8-22(30,9-11-27)18-4-6-19(7-5-18)23(24,25)26/h4-7,12-13,16,21,28-30H,8-11H2,1-3H3/t16-,21?/m1/s1. The molecule has 7 heteroatoms. The number of phenols is 1. The third-order valence-corrected chi connectivity index (χ3v) is 6.26. The van der Waals surface area contributed by atoms with Gasteiger partial charge in [0.1, 0.15) is 5.75 Å². The number of aryl methyl sites for hydroxylation is 2. The first kappa shape index (κ1) is 22.6. The quantitative estimate of drug-likeness (QED) is 0.681. The lowest BCUT2D eigenvalue weighted by Gasteiger charge is -2.42. The third-order valence-electron chi connectivity index (χ3n) is 6.26. The minimum Gasteiger partial charge on any atom is -0.507 e. The zero-order valence-electron chi connectivity index (χ0n) is 17.4. The molecular weight excluding hydrogens is 395 g/mol. The average Bonchev–Trinajstić information content (AvgIpc) is 2.70. The summed E-state index contributed by atoms with van der Waals surface area (Å²) < 4.78 is 38.3. The molecule has 1 saturated heterocycles. The second kappa shape index (κ2) is 8.21. The van der Waals surface area contributed by atoms with Crippen LogP contribution in [0.5, 0.6) is 5.75 Å². The molecule has 1 heterocycles. The lowest BCUT2D eigenvalue weighted by Crippen LogP contribution is -2.47. The van der Waals surface area contributed by atoms with Crippen molar-refractivity contribution in [2.75, 3.05) is 13.1 Å². The highest BCUT2D eigenvalue weighted by Crippen LogP contribution is 2.37. The highest BCUT2D eigenvalue weighted by Gasteiger charge is 2.38. The van der Waals surface area contributed by atoms with E-state index in [1.807, 2.05) is 6.92 Å². The summed E-state index contributed by atoms with van der Waals surface area (Å²) in [6.07, 6.45) is -4.44.